The standard InChI is InChI=1S/C28H43NO11/c1-9-14-35-24(32)36-18(4)17-29-20(23(30)31)15-19-12-13-21(37-25(33)39-27(5,6)10-2)22(16-19)38-26(34)40-28(7,8)11-3/h12-13,16,18,20,29H,9-11,14-15,17H2,1-8H3,(H,30,31)/t18?,20-/m0/s1. The summed E-state index contributed by atoms with van der Waals surface area (Å²) in [5, 5.41) is 12.6. The minimum absolute atomic E-state index is 0.0399. The van der Waals surface area contributed by atoms with Crippen LogP contribution in [0, 0.1) is 0 Å². The molecule has 1 unspecified atom stereocenters. The van der Waals surface area contributed by atoms with Crippen LogP contribution >= 0.6 is 0 Å². The molecule has 226 valence electrons. The van der Waals surface area contributed by atoms with Crippen LogP contribution in [0.5, 0.6) is 11.5 Å². The molecule has 12 heteroatoms. The second kappa shape index (κ2) is 15.9. The normalized spacial score (nSPS) is 13.0. The highest BCUT2D eigenvalue weighted by Crippen LogP contribution is 2.31. The van der Waals surface area contributed by atoms with Gasteiger partial charge in [0, 0.05) is 6.54 Å². The fraction of sp³-hybridized carbons (Fsp3) is 0.643. The number of hydrogen-bond donors (Lipinski definition) is 2. The number of rotatable bonds is 15. The van der Waals surface area contributed by atoms with E-state index in [0.29, 0.717) is 24.8 Å². The number of hydrogen-bond acceptors (Lipinski definition) is 11. The van der Waals surface area contributed by atoms with E-state index in [0.717, 1.165) is 0 Å². The molecule has 0 spiro atoms. The maximum absolute atomic E-state index is 12.5. The second-order valence-electron chi connectivity index (χ2n) is 10.4. The molecule has 0 fully saturated rings. The van der Waals surface area contributed by atoms with Gasteiger partial charge in [-0.1, -0.05) is 26.8 Å². The van der Waals surface area contributed by atoms with Crippen LogP contribution in [0.2, 0.25) is 0 Å². The van der Waals surface area contributed by atoms with Gasteiger partial charge in [-0.15, -0.1) is 0 Å². The lowest BCUT2D eigenvalue weighted by Gasteiger charge is -2.24. The van der Waals surface area contributed by atoms with Crippen molar-refractivity contribution in [3.8, 4) is 11.5 Å². The number of benzene rings is 1. The third-order valence-electron chi connectivity index (χ3n) is 5.93. The summed E-state index contributed by atoms with van der Waals surface area (Å²) in [6, 6.07) is 3.20. The van der Waals surface area contributed by atoms with Gasteiger partial charge in [-0.3, -0.25) is 4.79 Å². The highest BCUT2D eigenvalue weighted by molar-refractivity contribution is 5.74. The predicted octanol–water partition coefficient (Wildman–Crippen LogP) is 5.63. The van der Waals surface area contributed by atoms with E-state index in [4.69, 9.17) is 28.4 Å². The Bertz CT molecular complexity index is 1010. The van der Waals surface area contributed by atoms with Crippen LogP contribution in [0.15, 0.2) is 18.2 Å². The zero-order chi connectivity index (χ0) is 30.5. The fourth-order valence-corrected chi connectivity index (χ4v) is 2.88. The van der Waals surface area contributed by atoms with Gasteiger partial charge >= 0.3 is 24.4 Å². The number of aliphatic carboxylic acids is 1. The molecule has 2 atom stereocenters. The molecule has 0 saturated heterocycles. The largest absolute Gasteiger partial charge is 0.514 e. The molecule has 0 heterocycles. The van der Waals surface area contributed by atoms with Crippen LogP contribution in [0.3, 0.4) is 0 Å². The lowest BCUT2D eigenvalue weighted by Crippen LogP contribution is -2.42. The molecule has 0 radical (unpaired) electrons. The Balaban J connectivity index is 3.09. The molecule has 0 aromatic heterocycles. The van der Waals surface area contributed by atoms with Gasteiger partial charge < -0.3 is 38.8 Å². The maximum Gasteiger partial charge on any atom is 0.514 e. The number of carbonyl (C=O) groups excluding carboxylic acids is 3. The minimum atomic E-state index is -1.15. The fourth-order valence-electron chi connectivity index (χ4n) is 2.88. The summed E-state index contributed by atoms with van der Waals surface area (Å²) in [6.07, 6.45) is -1.85. The van der Waals surface area contributed by atoms with E-state index in [-0.39, 0.29) is 31.1 Å². The molecule has 0 aliphatic carbocycles. The Morgan fingerprint density at radius 3 is 1.93 bits per heavy atom. The first kappa shape index (κ1) is 34.5. The number of carboxylic acid groups (broad SMARTS) is 1. The molecule has 0 bridgehead atoms. The Hall–Kier alpha value is -3.54. The molecule has 0 aliphatic rings. The van der Waals surface area contributed by atoms with Crippen LogP contribution in [-0.2, 0) is 30.2 Å². The van der Waals surface area contributed by atoms with Gasteiger partial charge in [0.1, 0.15) is 23.3 Å². The topological polar surface area (TPSA) is 156 Å². The summed E-state index contributed by atoms with van der Waals surface area (Å²) >= 11 is 0. The summed E-state index contributed by atoms with van der Waals surface area (Å²) in [5.41, 5.74) is -1.14. The van der Waals surface area contributed by atoms with E-state index in [1.165, 1.54) is 18.2 Å². The quantitative estimate of drug-likeness (QED) is 0.153. The van der Waals surface area contributed by atoms with Crippen molar-refractivity contribution in [3.05, 3.63) is 23.8 Å². The molecule has 1 aromatic rings. The molecule has 0 saturated carbocycles. The van der Waals surface area contributed by atoms with Crippen molar-refractivity contribution >= 4 is 24.4 Å². The van der Waals surface area contributed by atoms with Crippen LogP contribution in [0.1, 0.15) is 80.2 Å². The highest BCUT2D eigenvalue weighted by atomic mass is 16.8. The molecule has 0 amide bonds. The van der Waals surface area contributed by atoms with Gasteiger partial charge in [-0.05, 0) is 78.0 Å². The van der Waals surface area contributed by atoms with Crippen molar-refractivity contribution in [2.75, 3.05) is 13.2 Å². The molecular formula is C28H43NO11. The van der Waals surface area contributed by atoms with E-state index in [2.05, 4.69) is 5.32 Å². The second-order valence-corrected chi connectivity index (χ2v) is 10.4. The zero-order valence-corrected chi connectivity index (χ0v) is 24.7. The number of carboxylic acids is 1. The van der Waals surface area contributed by atoms with Crippen molar-refractivity contribution in [2.45, 2.75) is 104 Å². The molecule has 1 rings (SSSR count). The summed E-state index contributed by atoms with van der Waals surface area (Å²) in [7, 11) is 0. The lowest BCUT2D eigenvalue weighted by atomic mass is 10.0. The third-order valence-corrected chi connectivity index (χ3v) is 5.93. The van der Waals surface area contributed by atoms with Crippen molar-refractivity contribution in [1.82, 2.24) is 5.32 Å². The monoisotopic (exact) mass is 569 g/mol. The minimum Gasteiger partial charge on any atom is -0.480 e. The van der Waals surface area contributed by atoms with Crippen molar-refractivity contribution < 1.29 is 52.7 Å². The van der Waals surface area contributed by atoms with E-state index in [1.807, 2.05) is 20.8 Å². The molecule has 0 aliphatic heterocycles. The number of nitrogens with one attached hydrogen (secondary N) is 1. The first-order valence-corrected chi connectivity index (χ1v) is 13.4. The van der Waals surface area contributed by atoms with E-state index in [1.54, 1.807) is 34.6 Å². The Kier molecular flexibility index (Phi) is 13.7. The van der Waals surface area contributed by atoms with Crippen LogP contribution < -0.4 is 14.8 Å². The van der Waals surface area contributed by atoms with Crippen molar-refractivity contribution in [1.29, 1.82) is 0 Å². The Labute approximate surface area is 235 Å². The molecule has 1 aromatic carbocycles. The average molecular weight is 570 g/mol. The lowest BCUT2D eigenvalue weighted by molar-refractivity contribution is -0.139. The molecule has 40 heavy (non-hydrogen) atoms. The first-order chi connectivity index (χ1) is 18.6. The zero-order valence-electron chi connectivity index (χ0n) is 24.7. The van der Waals surface area contributed by atoms with Crippen LogP contribution in [0.25, 0.3) is 0 Å². The van der Waals surface area contributed by atoms with Crippen LogP contribution in [0.4, 0.5) is 14.4 Å². The van der Waals surface area contributed by atoms with Gasteiger partial charge in [0.2, 0.25) is 0 Å². The number of carbonyl (C=O) groups is 4. The van der Waals surface area contributed by atoms with Crippen molar-refractivity contribution in [3.63, 3.8) is 0 Å². The van der Waals surface area contributed by atoms with Gasteiger partial charge in [0.05, 0.1) is 6.61 Å². The average Bonchev–Trinajstić information content (AvgIpc) is 2.85. The van der Waals surface area contributed by atoms with Gasteiger partial charge in [0.15, 0.2) is 11.5 Å². The summed E-state index contributed by atoms with van der Waals surface area (Å²) in [4.78, 5) is 48.4. The molecule has 2 N–H and O–H groups in total. The van der Waals surface area contributed by atoms with Gasteiger partial charge in [-0.25, -0.2) is 14.4 Å². The first-order valence-electron chi connectivity index (χ1n) is 13.4. The predicted molar refractivity (Wildman–Crippen MR) is 145 cm³/mol. The number of ether oxygens (including phenoxy) is 6. The SMILES string of the molecule is CCCOC(=O)OC(C)CN[C@@H](Cc1ccc(OC(=O)OC(C)(C)CC)c(OC(=O)OC(C)(C)CC)c1)C(=O)O. The van der Waals surface area contributed by atoms with E-state index >= 15 is 0 Å². The van der Waals surface area contributed by atoms with Crippen molar-refractivity contribution in [2.24, 2.45) is 0 Å². The summed E-state index contributed by atoms with van der Waals surface area (Å²) in [5.74, 6) is -1.42. The Morgan fingerprint density at radius 2 is 1.43 bits per heavy atom. The van der Waals surface area contributed by atoms with E-state index in [9.17, 15) is 24.3 Å². The van der Waals surface area contributed by atoms with Crippen LogP contribution in [-0.4, -0.2) is 66.0 Å². The maximum atomic E-state index is 12.5. The summed E-state index contributed by atoms with van der Waals surface area (Å²) in [6.45, 7) is 14.3. The van der Waals surface area contributed by atoms with Gasteiger partial charge in [0.25, 0.3) is 0 Å². The summed E-state index contributed by atoms with van der Waals surface area (Å²) < 4.78 is 31.3. The molecular weight excluding hydrogens is 526 g/mol. The van der Waals surface area contributed by atoms with E-state index < -0.39 is 47.8 Å². The smallest absolute Gasteiger partial charge is 0.480 e. The highest BCUT2D eigenvalue weighted by Gasteiger charge is 2.27. The van der Waals surface area contributed by atoms with Gasteiger partial charge in [-0.2, -0.15) is 0 Å². The molecule has 12 nitrogen and oxygen atoms in total. The Morgan fingerprint density at radius 1 is 0.875 bits per heavy atom. The third kappa shape index (κ3) is 13.0.